The summed E-state index contributed by atoms with van der Waals surface area (Å²) in [6, 6.07) is 1.31. The second-order valence-electron chi connectivity index (χ2n) is 6.53. The molecular weight excluding hydrogens is 303 g/mol. The van der Waals surface area contributed by atoms with Gasteiger partial charge < -0.3 is 14.7 Å². The molecule has 0 aromatic carbocycles. The van der Waals surface area contributed by atoms with Crippen LogP contribution in [0.15, 0.2) is 6.20 Å². The van der Waals surface area contributed by atoms with Crippen molar-refractivity contribution in [3.8, 4) is 6.07 Å². The van der Waals surface area contributed by atoms with E-state index in [1.807, 2.05) is 6.07 Å². The molecule has 0 radical (unpaired) electrons. The molecule has 126 valence electrons. The van der Waals surface area contributed by atoms with Gasteiger partial charge in [-0.1, -0.05) is 0 Å². The molecule has 1 amide bonds. The number of hydrogen-bond acceptors (Lipinski definition) is 5. The van der Waals surface area contributed by atoms with E-state index in [4.69, 9.17) is 4.74 Å². The average molecular weight is 324 g/mol. The van der Waals surface area contributed by atoms with Crippen LogP contribution in [0.1, 0.15) is 44.5 Å². The van der Waals surface area contributed by atoms with Crippen molar-refractivity contribution in [1.29, 1.82) is 5.26 Å². The van der Waals surface area contributed by atoms with E-state index >= 15 is 0 Å². The number of carbonyl (C=O) groups is 1. The molecule has 2 atom stereocenters. The third-order valence-electron chi connectivity index (χ3n) is 3.62. The van der Waals surface area contributed by atoms with Gasteiger partial charge in [0, 0.05) is 12.1 Å². The number of likely N-dealkylation sites (tertiary alicyclic amines) is 1. The molecule has 1 aliphatic heterocycles. The van der Waals surface area contributed by atoms with Crippen LogP contribution in [0.5, 0.6) is 0 Å². The normalized spacial score (nSPS) is 21.8. The van der Waals surface area contributed by atoms with E-state index in [1.165, 1.54) is 15.8 Å². The Hall–Kier alpha value is -2.14. The maximum Gasteiger partial charge on any atom is 0.410 e. The summed E-state index contributed by atoms with van der Waals surface area (Å²) in [6.07, 6.45) is -0.224. The molecule has 0 aliphatic carbocycles. The van der Waals surface area contributed by atoms with Gasteiger partial charge in [0.1, 0.15) is 23.5 Å². The highest BCUT2D eigenvalue weighted by molar-refractivity contribution is 5.68. The number of carbonyl (C=O) groups excluding carboxylic acids is 1. The fraction of sp³-hybridized carbons (Fsp3) is 0.667. The molecule has 2 unspecified atom stereocenters. The predicted molar refractivity (Wildman–Crippen MR) is 79.2 cm³/mol. The summed E-state index contributed by atoms with van der Waals surface area (Å²) in [5.74, 6) is 0. The highest BCUT2D eigenvalue weighted by Crippen LogP contribution is 2.28. The first-order valence-electron chi connectivity index (χ1n) is 7.46. The maximum absolute atomic E-state index is 14.5. The van der Waals surface area contributed by atoms with Gasteiger partial charge in [-0.3, -0.25) is 0 Å². The molecule has 7 nitrogen and oxygen atoms in total. The number of amides is 1. The molecule has 1 aliphatic rings. The number of ether oxygens (including phenoxy) is 1. The molecule has 1 fully saturated rings. The molecule has 1 aromatic heterocycles. The number of rotatable bonds is 2. The molecule has 1 aromatic rings. The number of hydrogen-bond donors (Lipinski definition) is 1. The number of aliphatic hydroxyl groups excluding tert-OH is 1. The topological polar surface area (TPSA) is 91.4 Å². The number of aromatic nitrogens is 2. The van der Waals surface area contributed by atoms with Gasteiger partial charge in [0.15, 0.2) is 0 Å². The van der Waals surface area contributed by atoms with Gasteiger partial charge in [0.2, 0.25) is 0 Å². The third-order valence-corrected chi connectivity index (χ3v) is 3.62. The van der Waals surface area contributed by atoms with Crippen molar-refractivity contribution >= 4 is 6.09 Å². The Morgan fingerprint density at radius 3 is 2.83 bits per heavy atom. The summed E-state index contributed by atoms with van der Waals surface area (Å²) in [5.41, 5.74) is -0.105. The summed E-state index contributed by atoms with van der Waals surface area (Å²) >= 11 is 0. The molecular formula is C15H21FN4O3. The SMILES string of the molecule is CC(C)(C)OC(=O)N1CCC(n2ncc(CO)c2C#N)C(F)C1. The smallest absolute Gasteiger partial charge is 0.410 e. The van der Waals surface area contributed by atoms with Gasteiger partial charge in [0.25, 0.3) is 0 Å². The van der Waals surface area contributed by atoms with Crippen molar-refractivity contribution in [3.05, 3.63) is 17.5 Å². The molecule has 23 heavy (non-hydrogen) atoms. The first-order chi connectivity index (χ1) is 10.8. The van der Waals surface area contributed by atoms with Crippen LogP contribution in [0, 0.1) is 11.3 Å². The minimum absolute atomic E-state index is 0.112. The number of halogens is 1. The van der Waals surface area contributed by atoms with Crippen LogP contribution >= 0.6 is 0 Å². The third kappa shape index (κ3) is 3.79. The van der Waals surface area contributed by atoms with E-state index < -0.39 is 23.9 Å². The van der Waals surface area contributed by atoms with E-state index in [2.05, 4.69) is 5.10 Å². The van der Waals surface area contributed by atoms with E-state index in [0.717, 1.165) is 0 Å². The largest absolute Gasteiger partial charge is 0.444 e. The maximum atomic E-state index is 14.5. The minimum Gasteiger partial charge on any atom is -0.444 e. The van der Waals surface area contributed by atoms with Crippen molar-refractivity contribution in [1.82, 2.24) is 14.7 Å². The van der Waals surface area contributed by atoms with Gasteiger partial charge in [0.05, 0.1) is 25.4 Å². The van der Waals surface area contributed by atoms with Crippen molar-refractivity contribution in [3.63, 3.8) is 0 Å². The van der Waals surface area contributed by atoms with Crippen LogP contribution in [-0.4, -0.2) is 50.7 Å². The number of nitriles is 1. The fourth-order valence-electron chi connectivity index (χ4n) is 2.55. The summed E-state index contributed by atoms with van der Waals surface area (Å²) < 4.78 is 21.1. The number of aliphatic hydroxyl groups is 1. The highest BCUT2D eigenvalue weighted by atomic mass is 19.1. The van der Waals surface area contributed by atoms with Crippen LogP contribution in [0.2, 0.25) is 0 Å². The second-order valence-corrected chi connectivity index (χ2v) is 6.53. The highest BCUT2D eigenvalue weighted by Gasteiger charge is 2.36. The van der Waals surface area contributed by atoms with Gasteiger partial charge in [-0.15, -0.1) is 0 Å². The van der Waals surface area contributed by atoms with E-state index in [1.54, 1.807) is 20.8 Å². The quantitative estimate of drug-likeness (QED) is 0.895. The molecule has 2 rings (SSSR count). The van der Waals surface area contributed by atoms with Crippen molar-refractivity contribution in [2.45, 2.75) is 51.6 Å². The summed E-state index contributed by atoms with van der Waals surface area (Å²) in [4.78, 5) is 13.3. The first-order valence-corrected chi connectivity index (χ1v) is 7.46. The first kappa shape index (κ1) is 17.2. The van der Waals surface area contributed by atoms with Crippen LogP contribution in [0.3, 0.4) is 0 Å². The van der Waals surface area contributed by atoms with Crippen LogP contribution in [0.4, 0.5) is 9.18 Å². The van der Waals surface area contributed by atoms with Crippen LogP contribution in [0.25, 0.3) is 0 Å². The Bertz CT molecular complexity index is 617. The lowest BCUT2D eigenvalue weighted by Crippen LogP contribution is -2.47. The zero-order chi connectivity index (χ0) is 17.2. The minimum atomic E-state index is -1.37. The molecule has 0 saturated carbocycles. The standard InChI is InChI=1S/C15H21FN4O3/c1-15(2,3)23-14(22)19-5-4-12(11(16)8-19)20-13(6-17)10(9-21)7-18-20/h7,11-12,21H,4-5,8-9H2,1-3H3. The molecule has 8 heteroatoms. The Morgan fingerprint density at radius 2 is 2.30 bits per heavy atom. The van der Waals surface area contributed by atoms with Crippen LogP contribution in [-0.2, 0) is 11.3 Å². The summed E-state index contributed by atoms with van der Waals surface area (Å²) in [7, 11) is 0. The van der Waals surface area contributed by atoms with E-state index in [-0.39, 0.29) is 18.8 Å². The van der Waals surface area contributed by atoms with E-state index in [0.29, 0.717) is 18.5 Å². The molecule has 1 saturated heterocycles. The molecule has 0 spiro atoms. The Labute approximate surface area is 134 Å². The zero-order valence-electron chi connectivity index (χ0n) is 13.5. The number of piperidine rings is 1. The number of nitrogens with zero attached hydrogens (tertiary/aromatic N) is 4. The van der Waals surface area contributed by atoms with Crippen LogP contribution < -0.4 is 0 Å². The van der Waals surface area contributed by atoms with Gasteiger partial charge >= 0.3 is 6.09 Å². The van der Waals surface area contributed by atoms with Gasteiger partial charge in [-0.05, 0) is 27.2 Å². The number of alkyl halides is 1. The lowest BCUT2D eigenvalue weighted by Gasteiger charge is -2.35. The summed E-state index contributed by atoms with van der Waals surface area (Å²) in [5, 5.41) is 22.4. The molecule has 2 heterocycles. The average Bonchev–Trinajstić information content (AvgIpc) is 2.87. The van der Waals surface area contributed by atoms with Crippen molar-refractivity contribution in [2.24, 2.45) is 0 Å². The van der Waals surface area contributed by atoms with Gasteiger partial charge in [-0.2, -0.15) is 10.4 Å². The Balaban J connectivity index is 2.09. The molecule has 1 N–H and O–H groups in total. The lowest BCUT2D eigenvalue weighted by atomic mass is 10.0. The monoisotopic (exact) mass is 324 g/mol. The Kier molecular flexibility index (Phi) is 4.90. The second kappa shape index (κ2) is 6.54. The van der Waals surface area contributed by atoms with Gasteiger partial charge in [-0.25, -0.2) is 13.9 Å². The summed E-state index contributed by atoms with van der Waals surface area (Å²) in [6.45, 7) is 5.15. The fourth-order valence-corrected chi connectivity index (χ4v) is 2.55. The molecule has 0 bridgehead atoms. The van der Waals surface area contributed by atoms with Crippen molar-refractivity contribution < 1.29 is 19.0 Å². The lowest BCUT2D eigenvalue weighted by molar-refractivity contribution is 0.00568. The van der Waals surface area contributed by atoms with Crippen molar-refractivity contribution in [2.75, 3.05) is 13.1 Å². The zero-order valence-corrected chi connectivity index (χ0v) is 13.5. The Morgan fingerprint density at radius 1 is 1.61 bits per heavy atom. The van der Waals surface area contributed by atoms with E-state index in [9.17, 15) is 19.6 Å². The predicted octanol–water partition coefficient (Wildman–Crippen LogP) is 1.77.